The van der Waals surface area contributed by atoms with E-state index in [1.807, 2.05) is 12.1 Å². The fourth-order valence-electron chi connectivity index (χ4n) is 2.66. The SMILES string of the molecule is CN1CCCN(c2ccc(NC(=O)c3cccc(Cl)c3)cc2)C1=O. The summed E-state index contributed by atoms with van der Waals surface area (Å²) >= 11 is 5.90. The quantitative estimate of drug-likeness (QED) is 0.920. The van der Waals surface area contributed by atoms with Gasteiger partial charge in [0.1, 0.15) is 0 Å². The zero-order valence-electron chi connectivity index (χ0n) is 13.3. The third-order valence-electron chi connectivity index (χ3n) is 3.96. The maximum atomic E-state index is 12.2. The van der Waals surface area contributed by atoms with Crippen LogP contribution in [0.2, 0.25) is 5.02 Å². The number of rotatable bonds is 3. The number of urea groups is 1. The zero-order chi connectivity index (χ0) is 17.1. The fraction of sp³-hybridized carbons (Fsp3) is 0.222. The van der Waals surface area contributed by atoms with Crippen molar-refractivity contribution in [1.29, 1.82) is 0 Å². The Morgan fingerprint density at radius 3 is 2.58 bits per heavy atom. The van der Waals surface area contributed by atoms with Crippen LogP contribution in [0.3, 0.4) is 0 Å². The summed E-state index contributed by atoms with van der Waals surface area (Å²) in [6, 6.07) is 14.0. The predicted octanol–water partition coefficient (Wildman–Crippen LogP) is 3.85. The van der Waals surface area contributed by atoms with Gasteiger partial charge in [0.25, 0.3) is 5.91 Å². The third kappa shape index (κ3) is 3.51. The first-order chi connectivity index (χ1) is 11.5. The van der Waals surface area contributed by atoms with Gasteiger partial charge >= 0.3 is 6.03 Å². The lowest BCUT2D eigenvalue weighted by molar-refractivity contribution is 0.102. The average molecular weight is 344 g/mol. The molecule has 2 aromatic carbocycles. The molecule has 0 saturated carbocycles. The van der Waals surface area contributed by atoms with E-state index in [9.17, 15) is 9.59 Å². The van der Waals surface area contributed by atoms with Gasteiger partial charge in [0, 0.05) is 42.1 Å². The number of hydrogen-bond donors (Lipinski definition) is 1. The van der Waals surface area contributed by atoms with Crippen LogP contribution in [0.1, 0.15) is 16.8 Å². The summed E-state index contributed by atoms with van der Waals surface area (Å²) in [4.78, 5) is 27.8. The molecule has 0 aromatic heterocycles. The van der Waals surface area contributed by atoms with Crippen molar-refractivity contribution in [2.45, 2.75) is 6.42 Å². The molecule has 1 saturated heterocycles. The molecule has 0 atom stereocenters. The van der Waals surface area contributed by atoms with Crippen molar-refractivity contribution in [3.05, 3.63) is 59.1 Å². The Labute approximate surface area is 145 Å². The maximum Gasteiger partial charge on any atom is 0.324 e. The third-order valence-corrected chi connectivity index (χ3v) is 4.19. The molecule has 1 fully saturated rings. The van der Waals surface area contributed by atoms with Gasteiger partial charge in [0.2, 0.25) is 0 Å². The van der Waals surface area contributed by atoms with Crippen LogP contribution in [-0.2, 0) is 0 Å². The number of amides is 3. The lowest BCUT2D eigenvalue weighted by Crippen LogP contribution is -2.47. The first-order valence-electron chi connectivity index (χ1n) is 7.74. The van der Waals surface area contributed by atoms with Crippen molar-refractivity contribution in [3.8, 4) is 0 Å². The standard InChI is InChI=1S/C18H18ClN3O2/c1-21-10-3-11-22(18(21)24)16-8-6-15(7-9-16)20-17(23)13-4-2-5-14(19)12-13/h2,4-9,12H,3,10-11H2,1H3,(H,20,23). The van der Waals surface area contributed by atoms with Crippen molar-refractivity contribution in [2.75, 3.05) is 30.4 Å². The molecular formula is C18H18ClN3O2. The summed E-state index contributed by atoms with van der Waals surface area (Å²) < 4.78 is 0. The number of anilines is 2. The van der Waals surface area contributed by atoms with Crippen LogP contribution in [0.4, 0.5) is 16.2 Å². The molecule has 0 radical (unpaired) electrons. The summed E-state index contributed by atoms with van der Waals surface area (Å²) in [6.07, 6.45) is 0.940. The second-order valence-corrected chi connectivity index (χ2v) is 6.16. The van der Waals surface area contributed by atoms with Crippen LogP contribution in [-0.4, -0.2) is 37.0 Å². The highest BCUT2D eigenvalue weighted by Crippen LogP contribution is 2.22. The molecule has 0 spiro atoms. The molecule has 0 aliphatic carbocycles. The number of nitrogens with one attached hydrogen (secondary N) is 1. The molecule has 24 heavy (non-hydrogen) atoms. The van der Waals surface area contributed by atoms with Crippen LogP contribution in [0, 0.1) is 0 Å². The Morgan fingerprint density at radius 1 is 1.12 bits per heavy atom. The van der Waals surface area contributed by atoms with Gasteiger partial charge in [-0.2, -0.15) is 0 Å². The molecule has 124 valence electrons. The Balaban J connectivity index is 1.70. The second kappa shape index (κ2) is 6.93. The van der Waals surface area contributed by atoms with Crippen molar-refractivity contribution in [1.82, 2.24) is 4.90 Å². The minimum atomic E-state index is -0.223. The van der Waals surface area contributed by atoms with Crippen molar-refractivity contribution < 1.29 is 9.59 Å². The van der Waals surface area contributed by atoms with Crippen LogP contribution in [0.25, 0.3) is 0 Å². The van der Waals surface area contributed by atoms with Gasteiger partial charge in [-0.15, -0.1) is 0 Å². The van der Waals surface area contributed by atoms with Gasteiger partial charge in [-0.25, -0.2) is 4.79 Å². The number of carbonyl (C=O) groups is 2. The van der Waals surface area contributed by atoms with Crippen molar-refractivity contribution in [3.63, 3.8) is 0 Å². The van der Waals surface area contributed by atoms with E-state index < -0.39 is 0 Å². The van der Waals surface area contributed by atoms with E-state index in [0.29, 0.717) is 22.8 Å². The van der Waals surface area contributed by atoms with E-state index in [4.69, 9.17) is 11.6 Å². The topological polar surface area (TPSA) is 52.6 Å². The fourth-order valence-corrected chi connectivity index (χ4v) is 2.85. The zero-order valence-corrected chi connectivity index (χ0v) is 14.1. The van der Waals surface area contributed by atoms with E-state index in [1.54, 1.807) is 53.2 Å². The second-order valence-electron chi connectivity index (χ2n) is 5.72. The monoisotopic (exact) mass is 343 g/mol. The molecule has 3 rings (SSSR count). The van der Waals surface area contributed by atoms with Crippen LogP contribution < -0.4 is 10.2 Å². The van der Waals surface area contributed by atoms with E-state index >= 15 is 0 Å². The van der Waals surface area contributed by atoms with Gasteiger partial charge in [0.05, 0.1) is 0 Å². The van der Waals surface area contributed by atoms with Gasteiger partial charge in [-0.3, -0.25) is 9.69 Å². The number of nitrogens with zero attached hydrogens (tertiary/aromatic N) is 2. The highest BCUT2D eigenvalue weighted by Gasteiger charge is 2.23. The molecule has 2 aromatic rings. The number of benzene rings is 2. The molecule has 0 bridgehead atoms. The highest BCUT2D eigenvalue weighted by atomic mass is 35.5. The summed E-state index contributed by atoms with van der Waals surface area (Å²) in [6.45, 7) is 1.49. The van der Waals surface area contributed by atoms with Crippen LogP contribution >= 0.6 is 11.6 Å². The molecule has 0 unspecified atom stereocenters. The Morgan fingerprint density at radius 2 is 1.88 bits per heavy atom. The number of halogens is 1. The van der Waals surface area contributed by atoms with Gasteiger partial charge in [-0.05, 0) is 48.9 Å². The van der Waals surface area contributed by atoms with Crippen molar-refractivity contribution in [2.24, 2.45) is 0 Å². The minimum Gasteiger partial charge on any atom is -0.327 e. The lowest BCUT2D eigenvalue weighted by Gasteiger charge is -2.33. The Bertz CT molecular complexity index is 761. The normalized spacial score (nSPS) is 14.7. The van der Waals surface area contributed by atoms with Crippen molar-refractivity contribution >= 4 is 34.9 Å². The summed E-state index contributed by atoms with van der Waals surface area (Å²) in [5.74, 6) is -0.223. The van der Waals surface area contributed by atoms with Gasteiger partial charge in [0.15, 0.2) is 0 Å². The highest BCUT2D eigenvalue weighted by molar-refractivity contribution is 6.31. The van der Waals surface area contributed by atoms with E-state index in [1.165, 1.54) is 0 Å². The largest absolute Gasteiger partial charge is 0.327 e. The molecule has 1 aliphatic heterocycles. The minimum absolute atomic E-state index is 0.00281. The lowest BCUT2D eigenvalue weighted by atomic mass is 10.2. The van der Waals surface area contributed by atoms with Gasteiger partial charge in [-0.1, -0.05) is 17.7 Å². The molecular weight excluding hydrogens is 326 g/mol. The molecule has 3 amide bonds. The van der Waals surface area contributed by atoms with E-state index in [-0.39, 0.29) is 11.9 Å². The van der Waals surface area contributed by atoms with E-state index in [2.05, 4.69) is 5.32 Å². The van der Waals surface area contributed by atoms with E-state index in [0.717, 1.165) is 18.7 Å². The maximum absolute atomic E-state index is 12.2. The first kappa shape index (κ1) is 16.3. The smallest absolute Gasteiger partial charge is 0.324 e. The summed E-state index contributed by atoms with van der Waals surface area (Å²) in [5, 5.41) is 3.34. The molecule has 6 heteroatoms. The van der Waals surface area contributed by atoms with Crippen LogP contribution in [0.15, 0.2) is 48.5 Å². The van der Waals surface area contributed by atoms with Gasteiger partial charge < -0.3 is 10.2 Å². The average Bonchev–Trinajstić information content (AvgIpc) is 2.58. The molecule has 1 heterocycles. The first-order valence-corrected chi connectivity index (χ1v) is 8.12. The molecule has 5 nitrogen and oxygen atoms in total. The number of hydrogen-bond acceptors (Lipinski definition) is 2. The Kier molecular flexibility index (Phi) is 4.71. The Hall–Kier alpha value is -2.53. The molecule has 1 N–H and O–H groups in total. The summed E-state index contributed by atoms with van der Waals surface area (Å²) in [7, 11) is 1.80. The predicted molar refractivity (Wildman–Crippen MR) is 95.8 cm³/mol. The molecule has 1 aliphatic rings. The van der Waals surface area contributed by atoms with Crippen LogP contribution in [0.5, 0.6) is 0 Å². The number of carbonyl (C=O) groups excluding carboxylic acids is 2. The summed E-state index contributed by atoms with van der Waals surface area (Å²) in [5.41, 5.74) is 1.99.